The predicted octanol–water partition coefficient (Wildman–Crippen LogP) is 2.26. The summed E-state index contributed by atoms with van der Waals surface area (Å²) in [5, 5.41) is 2.93. The van der Waals surface area contributed by atoms with E-state index in [9.17, 15) is 18.8 Å². The van der Waals surface area contributed by atoms with Crippen LogP contribution in [0, 0.1) is 17.7 Å². The van der Waals surface area contributed by atoms with E-state index in [2.05, 4.69) is 10.2 Å². The first-order valence-electron chi connectivity index (χ1n) is 9.86. The van der Waals surface area contributed by atoms with Crippen molar-refractivity contribution in [2.45, 2.75) is 24.4 Å². The summed E-state index contributed by atoms with van der Waals surface area (Å²) in [5.74, 6) is -2.94. The third kappa shape index (κ3) is 1.86. The molecular weight excluding hydrogens is 373 g/mol. The second kappa shape index (κ2) is 5.51. The summed E-state index contributed by atoms with van der Waals surface area (Å²) in [6.45, 7) is 0.667. The van der Waals surface area contributed by atoms with Crippen molar-refractivity contribution in [3.05, 3.63) is 59.9 Å². The average Bonchev–Trinajstić information content (AvgIpc) is 3.40. The number of benzene rings is 2. The van der Waals surface area contributed by atoms with Crippen LogP contribution in [0.5, 0.6) is 0 Å². The SMILES string of the molecule is O=C1[C@@H]2[C@@H]3CCCN3[C@]3(C(=O)Nc4ccccc43)[C@H]2C(=O)N1c1cccc(F)c1. The Kier molecular flexibility index (Phi) is 3.20. The van der Waals surface area contributed by atoms with Gasteiger partial charge in [-0.05, 0) is 43.7 Å². The van der Waals surface area contributed by atoms with Crippen LogP contribution in [0.1, 0.15) is 18.4 Å². The highest BCUT2D eigenvalue weighted by atomic mass is 19.1. The molecule has 6 nitrogen and oxygen atoms in total. The average molecular weight is 391 g/mol. The van der Waals surface area contributed by atoms with Gasteiger partial charge in [-0.1, -0.05) is 24.3 Å². The molecule has 7 heteroatoms. The first-order valence-corrected chi connectivity index (χ1v) is 9.86. The maximum Gasteiger partial charge on any atom is 0.250 e. The number of para-hydroxylation sites is 1. The lowest BCUT2D eigenvalue weighted by atomic mass is 9.75. The smallest absolute Gasteiger partial charge is 0.250 e. The van der Waals surface area contributed by atoms with Crippen LogP contribution >= 0.6 is 0 Å². The summed E-state index contributed by atoms with van der Waals surface area (Å²) in [6.07, 6.45) is 1.63. The Balaban J connectivity index is 1.56. The monoisotopic (exact) mass is 391 g/mol. The fraction of sp³-hybridized carbons (Fsp3) is 0.318. The third-order valence-corrected chi connectivity index (χ3v) is 6.97. The molecule has 4 aliphatic rings. The number of nitrogens with one attached hydrogen (secondary N) is 1. The molecule has 0 aliphatic carbocycles. The summed E-state index contributed by atoms with van der Waals surface area (Å²) < 4.78 is 13.8. The number of amides is 3. The highest BCUT2D eigenvalue weighted by Crippen LogP contribution is 2.60. The Morgan fingerprint density at radius 2 is 1.86 bits per heavy atom. The van der Waals surface area contributed by atoms with Crippen LogP contribution in [0.25, 0.3) is 0 Å². The fourth-order valence-corrected chi connectivity index (χ4v) is 6.03. The first-order chi connectivity index (χ1) is 14.0. The van der Waals surface area contributed by atoms with Crippen molar-refractivity contribution in [3.63, 3.8) is 0 Å². The number of anilines is 2. The Hall–Kier alpha value is -3.06. The molecule has 6 rings (SSSR count). The van der Waals surface area contributed by atoms with Gasteiger partial charge in [0.05, 0.1) is 17.5 Å². The number of imide groups is 1. The number of rotatable bonds is 1. The molecule has 0 unspecified atom stereocenters. The molecule has 3 amide bonds. The minimum absolute atomic E-state index is 0.174. The highest BCUT2D eigenvalue weighted by molar-refractivity contribution is 6.25. The zero-order valence-electron chi connectivity index (χ0n) is 15.5. The van der Waals surface area contributed by atoms with Gasteiger partial charge in [-0.15, -0.1) is 0 Å². The van der Waals surface area contributed by atoms with Gasteiger partial charge in [0.25, 0.3) is 0 Å². The number of hydrogen-bond donors (Lipinski definition) is 1. The lowest BCUT2D eigenvalue weighted by molar-refractivity contribution is -0.135. The highest BCUT2D eigenvalue weighted by Gasteiger charge is 2.74. The van der Waals surface area contributed by atoms with Crippen LogP contribution in [-0.2, 0) is 19.9 Å². The molecule has 3 fully saturated rings. The van der Waals surface area contributed by atoms with Crippen LogP contribution in [0.2, 0.25) is 0 Å². The molecule has 1 N–H and O–H groups in total. The molecule has 4 heterocycles. The van der Waals surface area contributed by atoms with Crippen LogP contribution in [0.3, 0.4) is 0 Å². The molecule has 0 aromatic heterocycles. The molecule has 1 spiro atoms. The normalized spacial score (nSPS) is 32.7. The molecule has 4 aliphatic heterocycles. The van der Waals surface area contributed by atoms with Crippen molar-refractivity contribution in [2.75, 3.05) is 16.8 Å². The van der Waals surface area contributed by atoms with Gasteiger partial charge < -0.3 is 5.32 Å². The molecule has 3 saturated heterocycles. The third-order valence-electron chi connectivity index (χ3n) is 6.97. The number of hydrogen-bond acceptors (Lipinski definition) is 4. The molecule has 146 valence electrons. The fourth-order valence-electron chi connectivity index (χ4n) is 6.03. The van der Waals surface area contributed by atoms with Crippen LogP contribution in [0.15, 0.2) is 48.5 Å². The van der Waals surface area contributed by atoms with Gasteiger partial charge in [0.15, 0.2) is 0 Å². The van der Waals surface area contributed by atoms with Gasteiger partial charge in [-0.2, -0.15) is 0 Å². The number of carbonyl (C=O) groups is 3. The van der Waals surface area contributed by atoms with E-state index >= 15 is 0 Å². The second-order valence-corrected chi connectivity index (χ2v) is 8.16. The summed E-state index contributed by atoms with van der Waals surface area (Å²) in [6, 6.07) is 12.7. The van der Waals surface area contributed by atoms with Crippen molar-refractivity contribution in [1.29, 1.82) is 0 Å². The van der Waals surface area contributed by atoms with Crippen molar-refractivity contribution in [1.82, 2.24) is 4.90 Å². The van der Waals surface area contributed by atoms with E-state index in [0.717, 1.165) is 23.3 Å². The molecule has 29 heavy (non-hydrogen) atoms. The van der Waals surface area contributed by atoms with Crippen molar-refractivity contribution >= 4 is 29.1 Å². The molecular formula is C22H18FN3O3. The first kappa shape index (κ1) is 16.9. The lowest BCUT2D eigenvalue weighted by Crippen LogP contribution is -2.54. The molecule has 0 saturated carbocycles. The molecule has 2 aromatic carbocycles. The molecule has 0 radical (unpaired) electrons. The topological polar surface area (TPSA) is 69.7 Å². The summed E-state index contributed by atoms with van der Waals surface area (Å²) in [7, 11) is 0. The zero-order valence-corrected chi connectivity index (χ0v) is 15.5. The number of carbonyl (C=O) groups excluding carboxylic acids is 3. The lowest BCUT2D eigenvalue weighted by Gasteiger charge is -2.36. The van der Waals surface area contributed by atoms with E-state index < -0.39 is 29.1 Å². The van der Waals surface area contributed by atoms with E-state index in [1.165, 1.54) is 18.2 Å². The Labute approximate surface area is 166 Å². The minimum Gasteiger partial charge on any atom is -0.324 e. The molecule has 2 aromatic rings. The van der Waals surface area contributed by atoms with Gasteiger partial charge in [-0.25, -0.2) is 9.29 Å². The number of nitrogens with zero attached hydrogens (tertiary/aromatic N) is 2. The standard InChI is InChI=1S/C22H18FN3O3/c23-12-5-3-6-13(11-12)26-19(27)17-16-9-4-10-25(16)22(18(17)20(26)28)14-7-1-2-8-15(14)24-21(22)29/h1-3,5-8,11,16-18H,4,9-10H2,(H,24,29)/t16-,17+,18+,22-/m0/s1. The molecule has 4 atom stereocenters. The Bertz CT molecular complexity index is 1100. The maximum atomic E-state index is 13.8. The van der Waals surface area contributed by atoms with Crippen LogP contribution in [-0.4, -0.2) is 35.2 Å². The maximum absolute atomic E-state index is 13.8. The van der Waals surface area contributed by atoms with E-state index in [-0.39, 0.29) is 23.5 Å². The summed E-state index contributed by atoms with van der Waals surface area (Å²) >= 11 is 0. The quantitative estimate of drug-likeness (QED) is 0.757. The van der Waals surface area contributed by atoms with Crippen molar-refractivity contribution in [2.24, 2.45) is 11.8 Å². The second-order valence-electron chi connectivity index (χ2n) is 8.16. The zero-order chi connectivity index (χ0) is 19.9. The van der Waals surface area contributed by atoms with E-state index in [1.54, 1.807) is 6.07 Å². The van der Waals surface area contributed by atoms with Gasteiger partial charge in [0.1, 0.15) is 11.4 Å². The molecule has 0 bridgehead atoms. The summed E-state index contributed by atoms with van der Waals surface area (Å²) in [4.78, 5) is 43.6. The van der Waals surface area contributed by atoms with Crippen molar-refractivity contribution < 1.29 is 18.8 Å². The Morgan fingerprint density at radius 1 is 1.03 bits per heavy atom. The summed E-state index contributed by atoms with van der Waals surface area (Å²) in [5.41, 5.74) is 0.484. The van der Waals surface area contributed by atoms with Crippen LogP contribution < -0.4 is 10.2 Å². The number of fused-ring (bicyclic) bond motifs is 7. The van der Waals surface area contributed by atoms with E-state index in [0.29, 0.717) is 12.2 Å². The minimum atomic E-state index is -1.18. The Morgan fingerprint density at radius 3 is 2.69 bits per heavy atom. The van der Waals surface area contributed by atoms with Crippen molar-refractivity contribution in [3.8, 4) is 0 Å². The van der Waals surface area contributed by atoms with Gasteiger partial charge in [-0.3, -0.25) is 19.3 Å². The largest absolute Gasteiger partial charge is 0.324 e. The van der Waals surface area contributed by atoms with E-state index in [1.807, 2.05) is 24.3 Å². The predicted molar refractivity (Wildman–Crippen MR) is 102 cm³/mol. The van der Waals surface area contributed by atoms with Crippen LogP contribution in [0.4, 0.5) is 15.8 Å². The van der Waals surface area contributed by atoms with Gasteiger partial charge in [0, 0.05) is 17.3 Å². The van der Waals surface area contributed by atoms with Gasteiger partial charge in [0.2, 0.25) is 17.7 Å². The van der Waals surface area contributed by atoms with Gasteiger partial charge >= 0.3 is 0 Å². The number of halogens is 1. The van der Waals surface area contributed by atoms with E-state index in [4.69, 9.17) is 0 Å².